The van der Waals surface area contributed by atoms with Crippen LogP contribution < -0.4 is 0 Å². The molecule has 2 N–H and O–H groups in total. The van der Waals surface area contributed by atoms with Crippen molar-refractivity contribution in [3.05, 3.63) is 0 Å². The van der Waals surface area contributed by atoms with E-state index in [9.17, 15) is 0 Å². The van der Waals surface area contributed by atoms with E-state index in [1.807, 2.05) is 0 Å². The molecule has 0 spiro atoms. The zero-order chi connectivity index (χ0) is 5.91. The summed E-state index contributed by atoms with van der Waals surface area (Å²) in [7, 11) is 0. The predicted octanol–water partition coefficient (Wildman–Crippen LogP) is -0.764. The molecule has 0 bridgehead atoms. The van der Waals surface area contributed by atoms with Crippen LogP contribution in [0.25, 0.3) is 0 Å². The maximum atomic E-state index is 8.43. The van der Waals surface area contributed by atoms with Crippen LogP contribution in [0.15, 0.2) is 0 Å². The van der Waals surface area contributed by atoms with E-state index < -0.39 is 0 Å². The van der Waals surface area contributed by atoms with Gasteiger partial charge in [-0.05, 0) is 0 Å². The molecule has 6 radical (unpaired) electrons. The Labute approximate surface area is 60.4 Å². The maximum Gasteiger partial charge on any atom is 0.0504 e. The van der Waals surface area contributed by atoms with Crippen LogP contribution >= 0.6 is 0 Å². The summed E-state index contributed by atoms with van der Waals surface area (Å²) >= 11 is 0. The lowest BCUT2D eigenvalue weighted by atomic mass is 9.97. The molecule has 0 aromatic rings. The Balaban J connectivity index is -0.000000180. The average molecular weight is 126 g/mol. The van der Waals surface area contributed by atoms with Crippen molar-refractivity contribution < 1.29 is 10.2 Å². The van der Waals surface area contributed by atoms with Gasteiger partial charge in [0.1, 0.15) is 0 Å². The van der Waals surface area contributed by atoms with Crippen LogP contribution in [0.3, 0.4) is 0 Å². The van der Waals surface area contributed by atoms with Gasteiger partial charge >= 0.3 is 0 Å². The van der Waals surface area contributed by atoms with Gasteiger partial charge in [-0.3, -0.25) is 0 Å². The van der Waals surface area contributed by atoms with Gasteiger partial charge in [0.05, 0.1) is 13.2 Å². The van der Waals surface area contributed by atoms with Crippen LogP contribution in [0, 0.1) is 5.41 Å². The molecule has 9 heavy (non-hydrogen) atoms. The quantitative estimate of drug-likeness (QED) is 0.477. The standard InChI is InChI=1S/C5H12O2.2B/c1-5(2,3-6)4-7;;/h6-7H,3-4H2,1-2H3;;. The molecule has 0 aromatic carbocycles. The van der Waals surface area contributed by atoms with Crippen LogP contribution in [-0.2, 0) is 0 Å². The fourth-order valence-electron chi connectivity index (χ4n) is 0.0500. The average Bonchev–Trinajstić information content (AvgIpc) is 1.68. The summed E-state index contributed by atoms with van der Waals surface area (Å²) in [5, 5.41) is 16.9. The summed E-state index contributed by atoms with van der Waals surface area (Å²) in [5.74, 6) is 0. The molecule has 0 unspecified atom stereocenters. The minimum absolute atomic E-state index is 0. The van der Waals surface area contributed by atoms with Crippen molar-refractivity contribution in [3.63, 3.8) is 0 Å². The first-order chi connectivity index (χ1) is 3.12. The van der Waals surface area contributed by atoms with Crippen LogP contribution in [-0.4, -0.2) is 40.3 Å². The van der Waals surface area contributed by atoms with Gasteiger partial charge in [0.25, 0.3) is 0 Å². The first-order valence-electron chi connectivity index (χ1n) is 2.34. The van der Waals surface area contributed by atoms with Crippen LogP contribution in [0.2, 0.25) is 0 Å². The minimum Gasteiger partial charge on any atom is -0.396 e. The number of hydrogen-bond acceptors (Lipinski definition) is 2. The second-order valence-corrected chi connectivity index (χ2v) is 2.48. The highest BCUT2D eigenvalue weighted by Gasteiger charge is 2.13. The fourth-order valence-corrected chi connectivity index (χ4v) is 0.0500. The van der Waals surface area contributed by atoms with Gasteiger partial charge < -0.3 is 10.2 Å². The van der Waals surface area contributed by atoms with E-state index in [1.54, 1.807) is 13.8 Å². The molecule has 0 heterocycles. The highest BCUT2D eigenvalue weighted by atomic mass is 16.3. The molecule has 0 aromatic heterocycles. The van der Waals surface area contributed by atoms with Gasteiger partial charge in [0.15, 0.2) is 0 Å². The van der Waals surface area contributed by atoms with E-state index in [0.29, 0.717) is 0 Å². The lowest BCUT2D eigenvalue weighted by Crippen LogP contribution is -2.20. The van der Waals surface area contributed by atoms with Crippen molar-refractivity contribution in [2.45, 2.75) is 13.8 Å². The van der Waals surface area contributed by atoms with Crippen molar-refractivity contribution in [2.75, 3.05) is 13.2 Å². The molecule has 0 saturated heterocycles. The van der Waals surface area contributed by atoms with Gasteiger partial charge in [-0.1, -0.05) is 13.8 Å². The van der Waals surface area contributed by atoms with Crippen molar-refractivity contribution in [1.29, 1.82) is 0 Å². The molecule has 2 nitrogen and oxygen atoms in total. The number of rotatable bonds is 2. The molecule has 0 saturated carbocycles. The lowest BCUT2D eigenvalue weighted by Gasteiger charge is -2.16. The molecule has 0 aliphatic rings. The van der Waals surface area contributed by atoms with Crippen molar-refractivity contribution >= 4 is 16.8 Å². The zero-order valence-electron chi connectivity index (χ0n) is 5.96. The third kappa shape index (κ3) is 8.05. The molecular formula is C5H12B2O2. The first kappa shape index (κ1) is 16.0. The van der Waals surface area contributed by atoms with Crippen molar-refractivity contribution in [3.8, 4) is 0 Å². The van der Waals surface area contributed by atoms with Crippen molar-refractivity contribution in [2.24, 2.45) is 5.41 Å². The normalized spacial score (nSPS) is 9.33. The third-order valence-electron chi connectivity index (χ3n) is 0.856. The largest absolute Gasteiger partial charge is 0.396 e. The molecule has 50 valence electrons. The summed E-state index contributed by atoms with van der Waals surface area (Å²) in [6, 6.07) is 0. The number of hydrogen-bond donors (Lipinski definition) is 2. The van der Waals surface area contributed by atoms with Crippen LogP contribution in [0.5, 0.6) is 0 Å². The Morgan fingerprint density at radius 1 is 1.00 bits per heavy atom. The fraction of sp³-hybridized carbons (Fsp3) is 1.00. The van der Waals surface area contributed by atoms with Gasteiger partial charge in [0.2, 0.25) is 0 Å². The summed E-state index contributed by atoms with van der Waals surface area (Å²) in [4.78, 5) is 0. The summed E-state index contributed by atoms with van der Waals surface area (Å²) in [6.07, 6.45) is 0. The molecule has 0 amide bonds. The molecule has 0 aliphatic carbocycles. The summed E-state index contributed by atoms with van der Waals surface area (Å²) < 4.78 is 0. The van der Waals surface area contributed by atoms with Crippen LogP contribution in [0.4, 0.5) is 0 Å². The molecule has 0 atom stereocenters. The summed E-state index contributed by atoms with van der Waals surface area (Å²) in [5.41, 5.74) is -0.306. The van der Waals surface area contributed by atoms with Gasteiger partial charge in [-0.2, -0.15) is 0 Å². The summed E-state index contributed by atoms with van der Waals surface area (Å²) in [6.45, 7) is 3.69. The van der Waals surface area contributed by atoms with E-state index in [-0.39, 0.29) is 35.5 Å². The molecule has 0 aliphatic heterocycles. The third-order valence-corrected chi connectivity index (χ3v) is 0.856. The second-order valence-electron chi connectivity index (χ2n) is 2.48. The highest BCUT2D eigenvalue weighted by Crippen LogP contribution is 2.10. The Kier molecular flexibility index (Phi) is 11.0. The van der Waals surface area contributed by atoms with Gasteiger partial charge in [-0.25, -0.2) is 0 Å². The number of aliphatic hydroxyl groups is 2. The second kappa shape index (κ2) is 6.17. The van der Waals surface area contributed by atoms with Crippen LogP contribution in [0.1, 0.15) is 13.8 Å². The Morgan fingerprint density at radius 3 is 1.22 bits per heavy atom. The van der Waals surface area contributed by atoms with E-state index >= 15 is 0 Å². The highest BCUT2D eigenvalue weighted by molar-refractivity contribution is 5.76. The molecule has 0 fully saturated rings. The molecular weight excluding hydrogens is 114 g/mol. The first-order valence-corrected chi connectivity index (χ1v) is 2.34. The zero-order valence-corrected chi connectivity index (χ0v) is 5.96. The Morgan fingerprint density at radius 2 is 1.22 bits per heavy atom. The van der Waals surface area contributed by atoms with E-state index in [0.717, 1.165) is 0 Å². The maximum absolute atomic E-state index is 8.43. The predicted molar refractivity (Wildman–Crippen MR) is 39.5 cm³/mol. The smallest absolute Gasteiger partial charge is 0.0504 e. The topological polar surface area (TPSA) is 40.5 Å². The Bertz CT molecular complexity index is 50.9. The van der Waals surface area contributed by atoms with E-state index in [1.165, 1.54) is 0 Å². The van der Waals surface area contributed by atoms with Crippen molar-refractivity contribution in [1.82, 2.24) is 0 Å². The minimum atomic E-state index is -0.306. The number of aliphatic hydroxyl groups excluding tert-OH is 2. The molecule has 0 rings (SSSR count). The van der Waals surface area contributed by atoms with E-state index in [4.69, 9.17) is 10.2 Å². The monoisotopic (exact) mass is 126 g/mol. The Hall–Kier alpha value is 0.0499. The van der Waals surface area contributed by atoms with Gasteiger partial charge in [-0.15, -0.1) is 0 Å². The lowest BCUT2D eigenvalue weighted by molar-refractivity contribution is 0.0857. The van der Waals surface area contributed by atoms with Gasteiger partial charge in [0, 0.05) is 22.2 Å². The van der Waals surface area contributed by atoms with E-state index in [2.05, 4.69) is 0 Å². The molecule has 4 heteroatoms. The SMILES string of the molecule is CC(C)(CO)CO.[B].[B].